The van der Waals surface area contributed by atoms with Crippen LogP contribution < -0.4 is 5.32 Å². The van der Waals surface area contributed by atoms with Gasteiger partial charge >= 0.3 is 0 Å². The van der Waals surface area contributed by atoms with Crippen LogP contribution >= 0.6 is 15.9 Å². The quantitative estimate of drug-likeness (QED) is 0.925. The molecule has 2 aromatic rings. The first kappa shape index (κ1) is 11.6. The van der Waals surface area contributed by atoms with Crippen molar-refractivity contribution < 1.29 is 9.18 Å². The second kappa shape index (κ2) is 5.00. The van der Waals surface area contributed by atoms with Gasteiger partial charge in [0.2, 0.25) is 5.91 Å². The topological polar surface area (TPSA) is 72.7 Å². The van der Waals surface area contributed by atoms with Gasteiger partial charge in [-0.05, 0) is 44.6 Å². The molecular formula is C9H7BrFN5O. The summed E-state index contributed by atoms with van der Waals surface area (Å²) in [4.78, 5) is 11.5. The number of tetrazole rings is 1. The highest BCUT2D eigenvalue weighted by Crippen LogP contribution is 2.19. The van der Waals surface area contributed by atoms with Crippen LogP contribution in [0.2, 0.25) is 0 Å². The molecule has 0 aliphatic rings. The molecule has 0 saturated carbocycles. The minimum atomic E-state index is -0.440. The predicted octanol–water partition coefficient (Wildman–Crippen LogP) is 1.21. The first-order valence-corrected chi connectivity index (χ1v) is 5.40. The lowest BCUT2D eigenvalue weighted by Gasteiger charge is -2.05. The zero-order valence-corrected chi connectivity index (χ0v) is 10.1. The van der Waals surface area contributed by atoms with Gasteiger partial charge in [-0.1, -0.05) is 0 Å². The molecule has 1 amide bonds. The number of rotatable bonds is 3. The van der Waals surface area contributed by atoms with Crippen LogP contribution in [0, 0.1) is 5.82 Å². The molecule has 0 bridgehead atoms. The Bertz CT molecular complexity index is 530. The Kier molecular flexibility index (Phi) is 3.43. The Morgan fingerprint density at radius 3 is 3.00 bits per heavy atom. The van der Waals surface area contributed by atoms with E-state index in [4.69, 9.17) is 0 Å². The van der Waals surface area contributed by atoms with Crippen molar-refractivity contribution in [3.63, 3.8) is 0 Å². The fraction of sp³-hybridized carbons (Fsp3) is 0.111. The second-order valence-electron chi connectivity index (χ2n) is 3.18. The molecule has 0 fully saturated rings. The predicted molar refractivity (Wildman–Crippen MR) is 60.5 cm³/mol. The number of anilines is 1. The number of hydrogen-bond acceptors (Lipinski definition) is 4. The zero-order valence-electron chi connectivity index (χ0n) is 8.47. The normalized spacial score (nSPS) is 10.2. The van der Waals surface area contributed by atoms with E-state index in [0.29, 0.717) is 10.2 Å². The average Bonchev–Trinajstić information content (AvgIpc) is 2.76. The molecule has 0 aliphatic carbocycles. The molecular weight excluding hydrogens is 293 g/mol. The van der Waals surface area contributed by atoms with Crippen molar-refractivity contribution in [2.45, 2.75) is 6.54 Å². The molecule has 0 aliphatic heterocycles. The minimum absolute atomic E-state index is 0.0231. The fourth-order valence-corrected chi connectivity index (χ4v) is 1.42. The number of halogens is 2. The molecule has 6 nitrogen and oxygen atoms in total. The van der Waals surface area contributed by atoms with Crippen LogP contribution in [-0.4, -0.2) is 26.1 Å². The summed E-state index contributed by atoms with van der Waals surface area (Å²) < 4.78 is 14.8. The van der Waals surface area contributed by atoms with Gasteiger partial charge in [0.15, 0.2) is 0 Å². The molecule has 1 N–H and O–H groups in total. The zero-order chi connectivity index (χ0) is 12.3. The van der Waals surface area contributed by atoms with Crippen molar-refractivity contribution in [1.29, 1.82) is 0 Å². The van der Waals surface area contributed by atoms with Gasteiger partial charge in [0.05, 0.1) is 4.47 Å². The smallest absolute Gasteiger partial charge is 0.246 e. The van der Waals surface area contributed by atoms with Crippen molar-refractivity contribution in [3.8, 4) is 0 Å². The molecule has 0 saturated heterocycles. The highest BCUT2D eigenvalue weighted by molar-refractivity contribution is 9.10. The molecule has 0 unspecified atom stereocenters. The molecule has 1 aromatic carbocycles. The van der Waals surface area contributed by atoms with Crippen molar-refractivity contribution in [2.75, 3.05) is 5.32 Å². The third kappa shape index (κ3) is 3.06. The SMILES string of the molecule is O=C(Cn1cnnn1)Nc1ccc(Br)c(F)c1. The summed E-state index contributed by atoms with van der Waals surface area (Å²) in [5.74, 6) is -0.774. The van der Waals surface area contributed by atoms with Crippen molar-refractivity contribution >= 4 is 27.5 Å². The molecule has 0 atom stereocenters. The van der Waals surface area contributed by atoms with Gasteiger partial charge < -0.3 is 5.32 Å². The third-order valence-electron chi connectivity index (χ3n) is 1.90. The third-order valence-corrected chi connectivity index (χ3v) is 2.54. The number of amides is 1. The summed E-state index contributed by atoms with van der Waals surface area (Å²) in [5, 5.41) is 12.9. The molecule has 0 radical (unpaired) electrons. The van der Waals surface area contributed by atoms with Gasteiger partial charge in [-0.25, -0.2) is 9.07 Å². The highest BCUT2D eigenvalue weighted by Gasteiger charge is 2.06. The lowest BCUT2D eigenvalue weighted by atomic mass is 10.3. The van der Waals surface area contributed by atoms with Gasteiger partial charge in [-0.2, -0.15) is 0 Å². The fourth-order valence-electron chi connectivity index (χ4n) is 1.17. The lowest BCUT2D eigenvalue weighted by Crippen LogP contribution is -2.19. The van der Waals surface area contributed by atoms with Gasteiger partial charge in [0, 0.05) is 5.69 Å². The van der Waals surface area contributed by atoms with Crippen LogP contribution in [-0.2, 0) is 11.3 Å². The maximum Gasteiger partial charge on any atom is 0.246 e. The number of carbonyl (C=O) groups is 1. The summed E-state index contributed by atoms with van der Waals surface area (Å²) in [6, 6.07) is 4.33. The maximum atomic E-state index is 13.2. The Morgan fingerprint density at radius 2 is 2.35 bits per heavy atom. The number of benzene rings is 1. The van der Waals surface area contributed by atoms with Gasteiger partial charge in [0.1, 0.15) is 18.7 Å². The van der Waals surface area contributed by atoms with Crippen LogP contribution in [0.1, 0.15) is 0 Å². The van der Waals surface area contributed by atoms with E-state index in [0.717, 1.165) is 0 Å². The number of aromatic nitrogens is 4. The van der Waals surface area contributed by atoms with E-state index in [1.807, 2.05) is 0 Å². The Labute approximate surface area is 104 Å². The maximum absolute atomic E-state index is 13.2. The molecule has 1 heterocycles. The number of nitrogens with zero attached hydrogens (tertiary/aromatic N) is 4. The Hall–Kier alpha value is -1.83. The summed E-state index contributed by atoms with van der Waals surface area (Å²) in [6.45, 7) is -0.0231. The van der Waals surface area contributed by atoms with Crippen molar-refractivity contribution in [2.24, 2.45) is 0 Å². The molecule has 2 rings (SSSR count). The highest BCUT2D eigenvalue weighted by atomic mass is 79.9. The Morgan fingerprint density at radius 1 is 1.53 bits per heavy atom. The van der Waals surface area contributed by atoms with E-state index in [2.05, 4.69) is 36.8 Å². The summed E-state index contributed by atoms with van der Waals surface area (Å²) in [7, 11) is 0. The molecule has 88 valence electrons. The van der Waals surface area contributed by atoms with E-state index in [-0.39, 0.29) is 12.5 Å². The van der Waals surface area contributed by atoms with Crippen LogP contribution in [0.5, 0.6) is 0 Å². The van der Waals surface area contributed by atoms with Gasteiger partial charge in [-0.3, -0.25) is 4.79 Å². The molecule has 17 heavy (non-hydrogen) atoms. The van der Waals surface area contributed by atoms with E-state index < -0.39 is 5.82 Å². The van der Waals surface area contributed by atoms with Crippen LogP contribution in [0.25, 0.3) is 0 Å². The average molecular weight is 300 g/mol. The van der Waals surface area contributed by atoms with Gasteiger partial charge in [-0.15, -0.1) is 5.10 Å². The summed E-state index contributed by atoms with van der Waals surface area (Å²) in [6.07, 6.45) is 1.32. The molecule has 0 spiro atoms. The second-order valence-corrected chi connectivity index (χ2v) is 4.04. The number of carbonyl (C=O) groups excluding carboxylic acids is 1. The van der Waals surface area contributed by atoms with Crippen LogP contribution in [0.15, 0.2) is 29.0 Å². The van der Waals surface area contributed by atoms with E-state index >= 15 is 0 Å². The number of nitrogens with one attached hydrogen (secondary N) is 1. The van der Waals surface area contributed by atoms with Crippen LogP contribution in [0.3, 0.4) is 0 Å². The molecule has 8 heteroatoms. The first-order valence-electron chi connectivity index (χ1n) is 4.61. The van der Waals surface area contributed by atoms with Crippen LogP contribution in [0.4, 0.5) is 10.1 Å². The molecule has 1 aromatic heterocycles. The number of hydrogen-bond donors (Lipinski definition) is 1. The standard InChI is InChI=1S/C9H7BrFN5O/c10-7-2-1-6(3-8(7)11)13-9(17)4-16-5-12-14-15-16/h1-3,5H,4H2,(H,13,17). The lowest BCUT2D eigenvalue weighted by molar-refractivity contribution is -0.116. The Balaban J connectivity index is 2.00. The van der Waals surface area contributed by atoms with E-state index in [1.165, 1.54) is 23.1 Å². The monoisotopic (exact) mass is 299 g/mol. The van der Waals surface area contributed by atoms with E-state index in [9.17, 15) is 9.18 Å². The van der Waals surface area contributed by atoms with Crippen molar-refractivity contribution in [3.05, 3.63) is 34.8 Å². The van der Waals surface area contributed by atoms with Gasteiger partial charge in [0.25, 0.3) is 0 Å². The minimum Gasteiger partial charge on any atom is -0.324 e. The van der Waals surface area contributed by atoms with Crippen molar-refractivity contribution in [1.82, 2.24) is 20.2 Å². The summed E-state index contributed by atoms with van der Waals surface area (Å²) >= 11 is 3.03. The largest absolute Gasteiger partial charge is 0.324 e. The first-order chi connectivity index (χ1) is 8.15. The van der Waals surface area contributed by atoms with E-state index in [1.54, 1.807) is 6.07 Å². The summed E-state index contributed by atoms with van der Waals surface area (Å²) in [5.41, 5.74) is 0.378.